The number of benzene rings is 2. The molecule has 0 spiro atoms. The molecule has 1 aliphatic rings. The van der Waals surface area contributed by atoms with Crippen molar-refractivity contribution >= 4 is 5.91 Å². The second-order valence-corrected chi connectivity index (χ2v) is 7.22. The van der Waals surface area contributed by atoms with Crippen molar-refractivity contribution in [2.45, 2.75) is 13.0 Å². The lowest BCUT2D eigenvalue weighted by Gasteiger charge is -2.34. The first-order valence-corrected chi connectivity index (χ1v) is 10.1. The van der Waals surface area contributed by atoms with Crippen LogP contribution in [0.1, 0.15) is 11.1 Å². The first kappa shape index (κ1) is 20.8. The fourth-order valence-corrected chi connectivity index (χ4v) is 3.36. The van der Waals surface area contributed by atoms with Gasteiger partial charge in [0.1, 0.15) is 5.75 Å². The molecule has 6 nitrogen and oxygen atoms in total. The summed E-state index contributed by atoms with van der Waals surface area (Å²) >= 11 is 0. The number of ether oxygens (including phenoxy) is 1. The van der Waals surface area contributed by atoms with Crippen LogP contribution in [0.5, 0.6) is 5.75 Å². The molecule has 0 aromatic heterocycles. The number of carbonyl (C=O) groups is 1. The molecular weight excluding hydrogens is 364 g/mol. The van der Waals surface area contributed by atoms with Crippen molar-refractivity contribution in [1.82, 2.24) is 15.1 Å². The van der Waals surface area contributed by atoms with Gasteiger partial charge in [0.15, 0.2) is 6.61 Å². The molecule has 0 atom stereocenters. The molecule has 152 valence electrons. The topological polar surface area (TPSA) is 68.6 Å². The Kier molecular flexibility index (Phi) is 8.05. The summed E-state index contributed by atoms with van der Waals surface area (Å²) in [7, 11) is 0. The SMILES string of the molecule is N#CCc1ccc(OCC(=O)NCCN2CCN(Cc3ccccc3)CC2)cc1. The van der Waals surface area contributed by atoms with Crippen LogP contribution in [0.25, 0.3) is 0 Å². The van der Waals surface area contributed by atoms with Gasteiger partial charge in [-0.2, -0.15) is 5.26 Å². The molecule has 0 saturated carbocycles. The van der Waals surface area contributed by atoms with Crippen molar-refractivity contribution in [2.75, 3.05) is 45.9 Å². The van der Waals surface area contributed by atoms with Gasteiger partial charge in [-0.05, 0) is 23.3 Å². The minimum absolute atomic E-state index is 0.00243. The Bertz CT molecular complexity index is 794. The van der Waals surface area contributed by atoms with Crippen molar-refractivity contribution < 1.29 is 9.53 Å². The summed E-state index contributed by atoms with van der Waals surface area (Å²) in [5.41, 5.74) is 2.29. The molecular formula is C23H28N4O2. The number of hydrogen-bond acceptors (Lipinski definition) is 5. The zero-order valence-electron chi connectivity index (χ0n) is 16.7. The summed E-state index contributed by atoms with van der Waals surface area (Å²) in [6.07, 6.45) is 0.376. The molecule has 1 fully saturated rings. The van der Waals surface area contributed by atoms with E-state index >= 15 is 0 Å². The molecule has 2 aromatic carbocycles. The van der Waals surface area contributed by atoms with E-state index in [0.29, 0.717) is 18.7 Å². The number of nitriles is 1. The second kappa shape index (κ2) is 11.2. The molecule has 3 rings (SSSR count). The maximum absolute atomic E-state index is 12.0. The van der Waals surface area contributed by atoms with Crippen molar-refractivity contribution in [3.8, 4) is 11.8 Å². The van der Waals surface area contributed by atoms with E-state index in [1.54, 1.807) is 12.1 Å². The van der Waals surface area contributed by atoms with Gasteiger partial charge in [-0.1, -0.05) is 42.5 Å². The summed E-state index contributed by atoms with van der Waals surface area (Å²) < 4.78 is 5.50. The predicted molar refractivity (Wildman–Crippen MR) is 112 cm³/mol. The van der Waals surface area contributed by atoms with Crippen LogP contribution < -0.4 is 10.1 Å². The van der Waals surface area contributed by atoms with Crippen LogP contribution in [0.3, 0.4) is 0 Å². The summed E-state index contributed by atoms with van der Waals surface area (Å²) in [5, 5.41) is 11.6. The van der Waals surface area contributed by atoms with Crippen molar-refractivity contribution in [1.29, 1.82) is 5.26 Å². The zero-order chi connectivity index (χ0) is 20.3. The number of nitrogens with one attached hydrogen (secondary N) is 1. The fourth-order valence-electron chi connectivity index (χ4n) is 3.36. The quantitative estimate of drug-likeness (QED) is 0.708. The normalized spacial score (nSPS) is 14.9. The first-order chi connectivity index (χ1) is 14.2. The molecule has 1 saturated heterocycles. The maximum atomic E-state index is 12.0. The largest absolute Gasteiger partial charge is 0.484 e. The number of hydrogen-bond donors (Lipinski definition) is 1. The Hall–Kier alpha value is -2.88. The van der Waals surface area contributed by atoms with Gasteiger partial charge < -0.3 is 10.1 Å². The van der Waals surface area contributed by atoms with Crippen LogP contribution in [-0.2, 0) is 17.8 Å². The fraction of sp³-hybridized carbons (Fsp3) is 0.391. The second-order valence-electron chi connectivity index (χ2n) is 7.22. The Morgan fingerprint density at radius 1 is 0.966 bits per heavy atom. The van der Waals surface area contributed by atoms with Gasteiger partial charge >= 0.3 is 0 Å². The summed E-state index contributed by atoms with van der Waals surface area (Å²) in [5.74, 6) is 0.519. The molecule has 2 aromatic rings. The average molecular weight is 393 g/mol. The van der Waals surface area contributed by atoms with Crippen LogP contribution in [0.15, 0.2) is 54.6 Å². The van der Waals surface area contributed by atoms with Crippen LogP contribution in [0.4, 0.5) is 0 Å². The number of carbonyl (C=O) groups excluding carboxylic acids is 1. The average Bonchev–Trinajstić information content (AvgIpc) is 2.75. The third-order valence-electron chi connectivity index (χ3n) is 5.04. The van der Waals surface area contributed by atoms with E-state index < -0.39 is 0 Å². The predicted octanol–water partition coefficient (Wildman–Crippen LogP) is 2.07. The van der Waals surface area contributed by atoms with Crippen LogP contribution >= 0.6 is 0 Å². The third kappa shape index (κ3) is 7.22. The van der Waals surface area contributed by atoms with E-state index in [4.69, 9.17) is 10.00 Å². The lowest BCUT2D eigenvalue weighted by molar-refractivity contribution is -0.123. The highest BCUT2D eigenvalue weighted by molar-refractivity contribution is 5.77. The Morgan fingerprint density at radius 2 is 1.66 bits per heavy atom. The summed E-state index contributed by atoms with van der Waals surface area (Å²) in [4.78, 5) is 16.8. The Balaban J connectivity index is 1.27. The zero-order valence-corrected chi connectivity index (χ0v) is 16.7. The van der Waals surface area contributed by atoms with Crippen molar-refractivity contribution in [2.24, 2.45) is 0 Å². The Labute approximate surface area is 172 Å². The maximum Gasteiger partial charge on any atom is 0.257 e. The van der Waals surface area contributed by atoms with Gasteiger partial charge in [0.2, 0.25) is 0 Å². The molecule has 1 aliphatic heterocycles. The van der Waals surface area contributed by atoms with Crippen molar-refractivity contribution in [3.63, 3.8) is 0 Å². The van der Waals surface area contributed by atoms with Crippen LogP contribution in [0.2, 0.25) is 0 Å². The number of rotatable bonds is 9. The molecule has 0 unspecified atom stereocenters. The molecule has 0 aliphatic carbocycles. The smallest absolute Gasteiger partial charge is 0.257 e. The van der Waals surface area contributed by atoms with Crippen molar-refractivity contribution in [3.05, 3.63) is 65.7 Å². The first-order valence-electron chi connectivity index (χ1n) is 10.1. The van der Waals surface area contributed by atoms with Gasteiger partial charge in [0.25, 0.3) is 5.91 Å². The van der Waals surface area contributed by atoms with E-state index in [1.807, 2.05) is 18.2 Å². The molecule has 1 amide bonds. The standard InChI is InChI=1S/C23H28N4O2/c24-11-10-20-6-8-22(9-7-20)29-19-23(28)25-12-13-26-14-16-27(17-15-26)18-21-4-2-1-3-5-21/h1-9H,10,12-19H2,(H,25,28). The molecule has 6 heteroatoms. The van der Waals surface area contributed by atoms with Gasteiger partial charge in [0.05, 0.1) is 12.5 Å². The van der Waals surface area contributed by atoms with Gasteiger partial charge in [-0.15, -0.1) is 0 Å². The summed E-state index contributed by atoms with van der Waals surface area (Å²) in [6.45, 7) is 6.63. The molecule has 1 N–H and O–H groups in total. The monoisotopic (exact) mass is 392 g/mol. The molecule has 29 heavy (non-hydrogen) atoms. The van der Waals surface area contributed by atoms with E-state index in [2.05, 4.69) is 45.5 Å². The molecule has 0 bridgehead atoms. The highest BCUT2D eigenvalue weighted by Gasteiger charge is 2.16. The van der Waals surface area contributed by atoms with E-state index in [1.165, 1.54) is 5.56 Å². The third-order valence-corrected chi connectivity index (χ3v) is 5.04. The van der Waals surface area contributed by atoms with Gasteiger partial charge in [-0.25, -0.2) is 0 Å². The number of nitrogens with zero attached hydrogens (tertiary/aromatic N) is 3. The highest BCUT2D eigenvalue weighted by atomic mass is 16.5. The van der Waals surface area contributed by atoms with Crippen LogP contribution in [-0.4, -0.2) is 61.6 Å². The van der Waals surface area contributed by atoms with Gasteiger partial charge in [-0.3, -0.25) is 14.6 Å². The summed E-state index contributed by atoms with van der Waals surface area (Å²) in [6, 6.07) is 19.9. The van der Waals surface area contributed by atoms with E-state index in [9.17, 15) is 4.79 Å². The van der Waals surface area contributed by atoms with Crippen LogP contribution in [0, 0.1) is 11.3 Å². The lowest BCUT2D eigenvalue weighted by atomic mass is 10.2. The Morgan fingerprint density at radius 3 is 2.34 bits per heavy atom. The lowest BCUT2D eigenvalue weighted by Crippen LogP contribution is -2.48. The minimum Gasteiger partial charge on any atom is -0.484 e. The number of amides is 1. The molecule has 1 heterocycles. The van der Waals surface area contributed by atoms with E-state index in [0.717, 1.165) is 44.8 Å². The van der Waals surface area contributed by atoms with E-state index in [-0.39, 0.29) is 12.5 Å². The minimum atomic E-state index is -0.117. The van der Waals surface area contributed by atoms with Gasteiger partial charge in [0, 0.05) is 45.8 Å². The number of piperazine rings is 1. The highest BCUT2D eigenvalue weighted by Crippen LogP contribution is 2.12. The molecule has 0 radical (unpaired) electrons.